The average Bonchev–Trinajstić information content (AvgIpc) is 3.14. The highest BCUT2D eigenvalue weighted by Crippen LogP contribution is 2.31. The minimum absolute atomic E-state index is 0. The van der Waals surface area contributed by atoms with Crippen molar-refractivity contribution in [1.29, 1.82) is 0 Å². The zero-order valence-corrected chi connectivity index (χ0v) is 15.8. The van der Waals surface area contributed by atoms with Crippen molar-refractivity contribution in [2.45, 2.75) is 13.0 Å². The first-order chi connectivity index (χ1) is 13.0. The summed E-state index contributed by atoms with van der Waals surface area (Å²) < 4.78 is 10.1. The summed E-state index contributed by atoms with van der Waals surface area (Å²) in [5.41, 5.74) is 1.32. The number of benzene rings is 1. The van der Waals surface area contributed by atoms with Gasteiger partial charge in [0.1, 0.15) is 17.1 Å². The van der Waals surface area contributed by atoms with Crippen LogP contribution in [0.25, 0.3) is 11.3 Å². The maximum Gasteiger partial charge on any atom is 0.375 e. The Labute approximate surface area is 166 Å². The van der Waals surface area contributed by atoms with Crippen LogP contribution in [0, 0.1) is 0 Å². The molecule has 2 aromatic heterocycles. The molecule has 3 aromatic rings. The lowest BCUT2D eigenvalue weighted by Gasteiger charge is -2.14. The Kier molecular flexibility index (Phi) is 6.67. The molecule has 10 heteroatoms. The molecule has 0 fully saturated rings. The van der Waals surface area contributed by atoms with Gasteiger partial charge in [-0.2, -0.15) is 0 Å². The number of hydrogen-bond donors (Lipinski definition) is 2. The van der Waals surface area contributed by atoms with Gasteiger partial charge in [-0.1, -0.05) is 5.16 Å². The third-order valence-electron chi connectivity index (χ3n) is 3.86. The van der Waals surface area contributed by atoms with Crippen molar-refractivity contribution < 1.29 is 24.0 Å². The number of nitrogens with one attached hydrogen (secondary N) is 1. The molecule has 3 rings (SSSR count). The molecule has 2 N–H and O–H groups in total. The zero-order valence-electron chi connectivity index (χ0n) is 14.9. The zero-order chi connectivity index (χ0) is 19.4. The van der Waals surface area contributed by atoms with Gasteiger partial charge in [0.2, 0.25) is 5.76 Å². The minimum atomic E-state index is -1.28. The molecule has 0 saturated carbocycles. The van der Waals surface area contributed by atoms with Crippen molar-refractivity contribution in [1.82, 2.24) is 20.4 Å². The molecule has 9 nitrogen and oxygen atoms in total. The maximum atomic E-state index is 12.3. The van der Waals surface area contributed by atoms with Crippen molar-refractivity contribution in [3.05, 3.63) is 59.9 Å². The lowest BCUT2D eigenvalue weighted by molar-refractivity contribution is 0.0648. The standard InChI is InChI=1S/C18H16N4O5.ClH/c1-10(21-17(23)13-9-19-7-8-20-13)14-15(22-27-16(14)18(24)25)11-3-5-12(26-2)6-4-11;/h3-10H,1-2H3,(H,21,23)(H,24,25);1H/t10-;/m1./s1. The second-order valence-corrected chi connectivity index (χ2v) is 5.59. The van der Waals surface area contributed by atoms with Crippen molar-refractivity contribution >= 4 is 24.3 Å². The summed E-state index contributed by atoms with van der Waals surface area (Å²) in [7, 11) is 1.54. The largest absolute Gasteiger partial charge is 0.497 e. The molecule has 0 aliphatic rings. The van der Waals surface area contributed by atoms with Crippen LogP contribution < -0.4 is 10.1 Å². The van der Waals surface area contributed by atoms with E-state index < -0.39 is 17.9 Å². The molecule has 1 atom stereocenters. The molecule has 2 heterocycles. The molecule has 146 valence electrons. The van der Waals surface area contributed by atoms with Gasteiger partial charge < -0.3 is 19.7 Å². The van der Waals surface area contributed by atoms with E-state index in [1.54, 1.807) is 38.3 Å². The lowest BCUT2D eigenvalue weighted by Crippen LogP contribution is -2.28. The van der Waals surface area contributed by atoms with E-state index in [2.05, 4.69) is 20.4 Å². The molecule has 28 heavy (non-hydrogen) atoms. The monoisotopic (exact) mass is 404 g/mol. The van der Waals surface area contributed by atoms with Gasteiger partial charge >= 0.3 is 5.97 Å². The van der Waals surface area contributed by atoms with E-state index in [-0.39, 0.29) is 29.4 Å². The van der Waals surface area contributed by atoms with Gasteiger partial charge in [0.05, 0.1) is 24.9 Å². The van der Waals surface area contributed by atoms with Crippen LogP contribution in [0.4, 0.5) is 0 Å². The number of rotatable bonds is 6. The number of hydrogen-bond acceptors (Lipinski definition) is 7. The van der Waals surface area contributed by atoms with Gasteiger partial charge in [-0.25, -0.2) is 9.78 Å². The minimum Gasteiger partial charge on any atom is -0.497 e. The molecule has 0 aliphatic carbocycles. The summed E-state index contributed by atoms with van der Waals surface area (Å²) >= 11 is 0. The van der Waals surface area contributed by atoms with Crippen LogP contribution in [-0.2, 0) is 0 Å². The van der Waals surface area contributed by atoms with Crippen LogP contribution in [-0.4, -0.2) is 39.2 Å². The molecule has 0 radical (unpaired) electrons. The number of carboxylic acids is 1. The van der Waals surface area contributed by atoms with E-state index in [4.69, 9.17) is 9.26 Å². The van der Waals surface area contributed by atoms with Crippen LogP contribution in [0.1, 0.15) is 39.6 Å². The third kappa shape index (κ3) is 4.26. The van der Waals surface area contributed by atoms with Gasteiger partial charge in [0.15, 0.2) is 0 Å². The predicted molar refractivity (Wildman–Crippen MR) is 101 cm³/mol. The number of aromatic carboxylic acids is 1. The van der Waals surface area contributed by atoms with Crippen molar-refractivity contribution in [2.75, 3.05) is 7.11 Å². The molecule has 0 saturated heterocycles. The molecule has 0 unspecified atom stereocenters. The Morgan fingerprint density at radius 3 is 2.50 bits per heavy atom. The number of carboxylic acid groups (broad SMARTS) is 1. The molecule has 0 bridgehead atoms. The highest BCUT2D eigenvalue weighted by Gasteiger charge is 2.28. The summed E-state index contributed by atoms with van der Waals surface area (Å²) in [6.07, 6.45) is 4.16. The first kappa shape index (κ1) is 20.8. The van der Waals surface area contributed by atoms with E-state index in [0.717, 1.165) is 0 Å². The smallest absolute Gasteiger partial charge is 0.375 e. The lowest BCUT2D eigenvalue weighted by atomic mass is 10.0. The van der Waals surface area contributed by atoms with Crippen LogP contribution >= 0.6 is 12.4 Å². The second kappa shape index (κ2) is 8.96. The van der Waals surface area contributed by atoms with E-state index in [1.807, 2.05) is 0 Å². The van der Waals surface area contributed by atoms with Crippen LogP contribution in [0.15, 0.2) is 47.4 Å². The van der Waals surface area contributed by atoms with Gasteiger partial charge in [-0.05, 0) is 31.2 Å². The molecule has 1 aromatic carbocycles. The first-order valence-electron chi connectivity index (χ1n) is 7.95. The van der Waals surface area contributed by atoms with E-state index in [9.17, 15) is 14.7 Å². The fourth-order valence-electron chi connectivity index (χ4n) is 2.57. The Morgan fingerprint density at radius 2 is 1.93 bits per heavy atom. The summed E-state index contributed by atoms with van der Waals surface area (Å²) in [5.74, 6) is -1.47. The van der Waals surface area contributed by atoms with Crippen molar-refractivity contribution in [3.8, 4) is 17.0 Å². The Bertz CT molecular complexity index is 960. The average molecular weight is 405 g/mol. The summed E-state index contributed by atoms with van der Waals surface area (Å²) in [6.45, 7) is 1.64. The Balaban J connectivity index is 0.00000280. The quantitative estimate of drug-likeness (QED) is 0.641. The van der Waals surface area contributed by atoms with Crippen LogP contribution in [0.3, 0.4) is 0 Å². The fraction of sp³-hybridized carbons (Fsp3) is 0.167. The second-order valence-electron chi connectivity index (χ2n) is 5.59. The van der Waals surface area contributed by atoms with E-state index in [1.165, 1.54) is 18.6 Å². The first-order valence-corrected chi connectivity index (χ1v) is 7.95. The summed E-state index contributed by atoms with van der Waals surface area (Å²) in [4.78, 5) is 31.6. The molecular formula is C18H17ClN4O5. The van der Waals surface area contributed by atoms with Gasteiger partial charge in [0, 0.05) is 18.0 Å². The predicted octanol–water partition coefficient (Wildman–Crippen LogP) is 2.75. The number of ether oxygens (including phenoxy) is 1. The highest BCUT2D eigenvalue weighted by atomic mass is 35.5. The van der Waals surface area contributed by atoms with Crippen molar-refractivity contribution in [3.63, 3.8) is 0 Å². The van der Waals surface area contributed by atoms with E-state index >= 15 is 0 Å². The van der Waals surface area contributed by atoms with Crippen LogP contribution in [0.5, 0.6) is 5.75 Å². The highest BCUT2D eigenvalue weighted by molar-refractivity contribution is 5.93. The topological polar surface area (TPSA) is 127 Å². The summed E-state index contributed by atoms with van der Waals surface area (Å²) in [6, 6.07) is 6.19. The number of nitrogens with zero attached hydrogens (tertiary/aromatic N) is 3. The fourth-order valence-corrected chi connectivity index (χ4v) is 2.57. The molecule has 0 aliphatic heterocycles. The molecular weight excluding hydrogens is 388 g/mol. The SMILES string of the molecule is COc1ccc(-c2noc(C(=O)O)c2[C@@H](C)NC(=O)c2cnccn2)cc1.Cl. The number of methoxy groups -OCH3 is 1. The Morgan fingerprint density at radius 1 is 1.21 bits per heavy atom. The molecule has 0 spiro atoms. The van der Waals surface area contributed by atoms with Crippen LogP contribution in [0.2, 0.25) is 0 Å². The number of aromatic nitrogens is 3. The molecule has 1 amide bonds. The Hall–Kier alpha value is -3.46. The number of carbonyl (C=O) groups is 2. The van der Waals surface area contributed by atoms with Gasteiger partial charge in [-0.15, -0.1) is 12.4 Å². The number of carbonyl (C=O) groups excluding carboxylic acids is 1. The maximum absolute atomic E-state index is 12.3. The van der Waals surface area contributed by atoms with E-state index in [0.29, 0.717) is 17.0 Å². The normalized spacial score (nSPS) is 11.2. The number of halogens is 1. The van der Waals surface area contributed by atoms with Crippen molar-refractivity contribution in [2.24, 2.45) is 0 Å². The summed E-state index contributed by atoms with van der Waals surface area (Å²) in [5, 5.41) is 16.0. The third-order valence-corrected chi connectivity index (χ3v) is 3.86. The van der Waals surface area contributed by atoms with Gasteiger partial charge in [-0.3, -0.25) is 9.78 Å². The van der Waals surface area contributed by atoms with Gasteiger partial charge in [0.25, 0.3) is 5.91 Å². The number of amides is 1.